The molecule has 0 aliphatic rings. The lowest BCUT2D eigenvalue weighted by molar-refractivity contribution is 0.685. The molecular formula is C13H20N2S. The highest BCUT2D eigenvalue weighted by molar-refractivity contribution is 7.80. The molecule has 0 unspecified atom stereocenters. The van der Waals surface area contributed by atoms with Gasteiger partial charge in [0.05, 0.1) is 0 Å². The van der Waals surface area contributed by atoms with Crippen molar-refractivity contribution in [3.05, 3.63) is 29.8 Å². The van der Waals surface area contributed by atoms with Crippen molar-refractivity contribution in [2.75, 3.05) is 11.9 Å². The zero-order valence-electron chi connectivity index (χ0n) is 9.83. The number of nitrogens with two attached hydrogens (primary N) is 1. The van der Waals surface area contributed by atoms with E-state index in [1.807, 2.05) is 24.3 Å². The van der Waals surface area contributed by atoms with Crippen LogP contribution in [0.2, 0.25) is 0 Å². The summed E-state index contributed by atoms with van der Waals surface area (Å²) in [5.74, 6) is 0. The lowest BCUT2D eigenvalue weighted by atomic mass is 10.1. The second kappa shape index (κ2) is 7.23. The Morgan fingerprint density at radius 1 is 1.25 bits per heavy atom. The summed E-state index contributed by atoms with van der Waals surface area (Å²) in [5.41, 5.74) is 7.64. The molecular weight excluding hydrogens is 216 g/mol. The average Bonchev–Trinajstić information content (AvgIpc) is 2.29. The minimum absolute atomic E-state index is 0.455. The topological polar surface area (TPSA) is 38.0 Å². The highest BCUT2D eigenvalue weighted by Gasteiger charge is 2.02. The van der Waals surface area contributed by atoms with Crippen molar-refractivity contribution in [2.45, 2.75) is 32.6 Å². The number of thiocarbonyl (C=S) groups is 1. The molecule has 0 heterocycles. The molecule has 1 rings (SSSR count). The first kappa shape index (κ1) is 13.0. The molecule has 0 atom stereocenters. The number of hydrogen-bond acceptors (Lipinski definition) is 2. The van der Waals surface area contributed by atoms with Crippen LogP contribution in [0, 0.1) is 0 Å². The monoisotopic (exact) mass is 236 g/mol. The normalized spacial score (nSPS) is 10.1. The van der Waals surface area contributed by atoms with Crippen molar-refractivity contribution in [2.24, 2.45) is 5.73 Å². The summed E-state index contributed by atoms with van der Waals surface area (Å²) < 4.78 is 0. The predicted molar refractivity (Wildman–Crippen MR) is 75.0 cm³/mol. The van der Waals surface area contributed by atoms with Crippen LogP contribution in [0.5, 0.6) is 0 Å². The van der Waals surface area contributed by atoms with E-state index in [9.17, 15) is 0 Å². The number of hydrogen-bond donors (Lipinski definition) is 2. The Morgan fingerprint density at radius 3 is 2.69 bits per heavy atom. The second-order valence-corrected chi connectivity index (χ2v) is 4.34. The fourth-order valence-electron chi connectivity index (χ4n) is 1.63. The van der Waals surface area contributed by atoms with E-state index in [0.29, 0.717) is 4.99 Å². The molecule has 3 heteroatoms. The first-order valence-corrected chi connectivity index (χ1v) is 6.29. The number of rotatable bonds is 7. The quantitative estimate of drug-likeness (QED) is 0.563. The number of unbranched alkanes of at least 4 members (excludes halogenated alkanes) is 3. The molecule has 3 N–H and O–H groups in total. The molecule has 0 saturated heterocycles. The number of anilines is 1. The van der Waals surface area contributed by atoms with Gasteiger partial charge in [0.25, 0.3) is 0 Å². The fourth-order valence-corrected chi connectivity index (χ4v) is 1.80. The fraction of sp³-hybridized carbons (Fsp3) is 0.462. The average molecular weight is 236 g/mol. The van der Waals surface area contributed by atoms with Crippen LogP contribution in [-0.2, 0) is 0 Å². The largest absolute Gasteiger partial charge is 0.389 e. The Balaban J connectivity index is 2.44. The molecule has 0 amide bonds. The number of nitrogens with one attached hydrogen (secondary N) is 1. The molecule has 2 nitrogen and oxygen atoms in total. The SMILES string of the molecule is CCCCCCNc1ccccc1C(N)=S. The van der Waals surface area contributed by atoms with Crippen molar-refractivity contribution in [1.82, 2.24) is 0 Å². The van der Waals surface area contributed by atoms with Gasteiger partial charge in [-0.15, -0.1) is 0 Å². The van der Waals surface area contributed by atoms with Gasteiger partial charge < -0.3 is 11.1 Å². The van der Waals surface area contributed by atoms with Gasteiger partial charge in [-0.25, -0.2) is 0 Å². The first-order valence-electron chi connectivity index (χ1n) is 5.88. The summed E-state index contributed by atoms with van der Waals surface area (Å²) in [7, 11) is 0. The van der Waals surface area contributed by atoms with Crippen molar-refractivity contribution < 1.29 is 0 Å². The standard InChI is InChI=1S/C13H20N2S/c1-2-3-4-7-10-15-12-9-6-5-8-11(12)13(14)16/h5-6,8-9,15H,2-4,7,10H2,1H3,(H2,14,16). The zero-order chi connectivity index (χ0) is 11.8. The van der Waals surface area contributed by atoms with E-state index in [0.717, 1.165) is 17.8 Å². The third kappa shape index (κ3) is 4.19. The minimum atomic E-state index is 0.455. The lowest BCUT2D eigenvalue weighted by Crippen LogP contribution is -2.13. The van der Waals surface area contributed by atoms with E-state index in [1.165, 1.54) is 25.7 Å². The molecule has 16 heavy (non-hydrogen) atoms. The highest BCUT2D eigenvalue weighted by Crippen LogP contribution is 2.14. The van der Waals surface area contributed by atoms with Gasteiger partial charge in [0.15, 0.2) is 0 Å². The van der Waals surface area contributed by atoms with Crippen LogP contribution in [0.1, 0.15) is 38.2 Å². The molecule has 0 bridgehead atoms. The maximum Gasteiger partial charge on any atom is 0.106 e. The second-order valence-electron chi connectivity index (χ2n) is 3.90. The van der Waals surface area contributed by atoms with Gasteiger partial charge in [0.2, 0.25) is 0 Å². The van der Waals surface area contributed by atoms with E-state index in [1.54, 1.807) is 0 Å². The van der Waals surface area contributed by atoms with Gasteiger partial charge in [0.1, 0.15) is 4.99 Å². The van der Waals surface area contributed by atoms with Crippen LogP contribution < -0.4 is 11.1 Å². The van der Waals surface area contributed by atoms with E-state index >= 15 is 0 Å². The van der Waals surface area contributed by atoms with Gasteiger partial charge in [-0.2, -0.15) is 0 Å². The van der Waals surface area contributed by atoms with Crippen LogP contribution in [0.25, 0.3) is 0 Å². The summed E-state index contributed by atoms with van der Waals surface area (Å²) in [6.45, 7) is 3.20. The minimum Gasteiger partial charge on any atom is -0.389 e. The van der Waals surface area contributed by atoms with E-state index in [-0.39, 0.29) is 0 Å². The van der Waals surface area contributed by atoms with Crippen LogP contribution >= 0.6 is 12.2 Å². The molecule has 0 aromatic heterocycles. The summed E-state index contributed by atoms with van der Waals surface area (Å²) in [6.07, 6.45) is 5.04. The Kier molecular flexibility index (Phi) is 5.86. The third-order valence-corrected chi connectivity index (χ3v) is 2.76. The van der Waals surface area contributed by atoms with Gasteiger partial charge in [0, 0.05) is 17.8 Å². The van der Waals surface area contributed by atoms with E-state index in [4.69, 9.17) is 18.0 Å². The van der Waals surface area contributed by atoms with E-state index in [2.05, 4.69) is 12.2 Å². The summed E-state index contributed by atoms with van der Waals surface area (Å²) in [5, 5.41) is 3.39. The van der Waals surface area contributed by atoms with Crippen LogP contribution in [0.4, 0.5) is 5.69 Å². The smallest absolute Gasteiger partial charge is 0.106 e. The Hall–Kier alpha value is -1.09. The maximum atomic E-state index is 5.66. The summed E-state index contributed by atoms with van der Waals surface area (Å²) >= 11 is 5.01. The van der Waals surface area contributed by atoms with Crippen molar-refractivity contribution in [3.63, 3.8) is 0 Å². The molecule has 0 aliphatic carbocycles. The van der Waals surface area contributed by atoms with Crippen molar-refractivity contribution in [3.8, 4) is 0 Å². The summed E-state index contributed by atoms with van der Waals surface area (Å²) in [6, 6.07) is 7.93. The molecule has 88 valence electrons. The Labute approximate surface area is 103 Å². The van der Waals surface area contributed by atoms with E-state index < -0.39 is 0 Å². The van der Waals surface area contributed by atoms with Crippen LogP contribution in [0.15, 0.2) is 24.3 Å². The number of benzene rings is 1. The van der Waals surface area contributed by atoms with Crippen molar-refractivity contribution >= 4 is 22.9 Å². The molecule has 0 fully saturated rings. The molecule has 0 radical (unpaired) electrons. The van der Waals surface area contributed by atoms with Crippen LogP contribution in [0.3, 0.4) is 0 Å². The molecule has 0 spiro atoms. The first-order chi connectivity index (χ1) is 7.75. The molecule has 1 aromatic rings. The Morgan fingerprint density at radius 2 is 2.00 bits per heavy atom. The van der Waals surface area contributed by atoms with Gasteiger partial charge in [-0.05, 0) is 18.6 Å². The molecule has 0 saturated carbocycles. The number of para-hydroxylation sites is 1. The maximum absolute atomic E-state index is 5.66. The zero-order valence-corrected chi connectivity index (χ0v) is 10.6. The van der Waals surface area contributed by atoms with Gasteiger partial charge in [-0.1, -0.05) is 50.5 Å². The van der Waals surface area contributed by atoms with Gasteiger partial charge >= 0.3 is 0 Å². The van der Waals surface area contributed by atoms with Gasteiger partial charge in [-0.3, -0.25) is 0 Å². The lowest BCUT2D eigenvalue weighted by Gasteiger charge is -2.10. The van der Waals surface area contributed by atoms with Crippen LogP contribution in [-0.4, -0.2) is 11.5 Å². The predicted octanol–water partition coefficient (Wildman–Crippen LogP) is 3.31. The summed E-state index contributed by atoms with van der Waals surface area (Å²) in [4.78, 5) is 0.455. The Bertz CT molecular complexity index is 336. The highest BCUT2D eigenvalue weighted by atomic mass is 32.1. The third-order valence-electron chi connectivity index (χ3n) is 2.54. The molecule has 0 aliphatic heterocycles. The van der Waals surface area contributed by atoms with Crippen molar-refractivity contribution in [1.29, 1.82) is 0 Å². The molecule has 1 aromatic carbocycles.